The number of ether oxygens (including phenoxy) is 3. The Morgan fingerprint density at radius 2 is 1.91 bits per heavy atom. The number of nitrogens with one attached hydrogen (secondary N) is 1. The van der Waals surface area contributed by atoms with Gasteiger partial charge in [0.25, 0.3) is 0 Å². The van der Waals surface area contributed by atoms with Gasteiger partial charge in [0.1, 0.15) is 24.4 Å². The van der Waals surface area contributed by atoms with E-state index in [1.54, 1.807) is 39.8 Å². The largest absolute Gasteiger partial charge is 0.460 e. The van der Waals surface area contributed by atoms with Gasteiger partial charge in [-0.25, -0.2) is 19.4 Å². The molecule has 1 heterocycles. The summed E-state index contributed by atoms with van der Waals surface area (Å²) in [5.41, 5.74) is 0.864. The highest BCUT2D eigenvalue weighted by atomic mass is 79.9. The molecule has 0 saturated heterocycles. The van der Waals surface area contributed by atoms with E-state index in [1.807, 2.05) is 19.2 Å². The number of alkyl halides is 3. The average Bonchev–Trinajstić information content (AvgIpc) is 3.26. The van der Waals surface area contributed by atoms with Gasteiger partial charge in [0.2, 0.25) is 3.79 Å². The molecular weight excluding hydrogens is 707 g/mol. The third-order valence-corrected chi connectivity index (χ3v) is 6.55. The van der Waals surface area contributed by atoms with Crippen LogP contribution in [0.4, 0.5) is 4.79 Å². The molecule has 43 heavy (non-hydrogen) atoms. The van der Waals surface area contributed by atoms with Crippen LogP contribution in [-0.2, 0) is 36.6 Å². The van der Waals surface area contributed by atoms with Crippen molar-refractivity contribution < 1.29 is 33.7 Å². The van der Waals surface area contributed by atoms with Crippen molar-refractivity contribution in [3.63, 3.8) is 0 Å². The first-order valence-electron chi connectivity index (χ1n) is 13.4. The van der Waals surface area contributed by atoms with E-state index in [0.717, 1.165) is 20.8 Å². The molecule has 2 N–H and O–H groups in total. The van der Waals surface area contributed by atoms with Gasteiger partial charge in [-0.1, -0.05) is 62.2 Å². The molecule has 0 aromatic carbocycles. The summed E-state index contributed by atoms with van der Waals surface area (Å²) in [6.07, 6.45) is 3.47. The second-order valence-electron chi connectivity index (χ2n) is 10.8. The molecule has 0 aliphatic carbocycles. The Labute approximate surface area is 280 Å². The number of carbonyl (C=O) groups is 3. The van der Waals surface area contributed by atoms with Crippen LogP contribution in [0.15, 0.2) is 27.6 Å². The number of esters is 2. The van der Waals surface area contributed by atoms with Crippen LogP contribution in [0, 0.1) is 11.8 Å². The first-order valence-corrected chi connectivity index (χ1v) is 16.2. The van der Waals surface area contributed by atoms with Crippen molar-refractivity contribution in [1.82, 2.24) is 10.3 Å². The fourth-order valence-electron chi connectivity index (χ4n) is 3.47. The minimum absolute atomic E-state index is 0.223. The van der Waals surface area contributed by atoms with Crippen LogP contribution < -0.4 is 5.32 Å². The highest BCUT2D eigenvalue weighted by molar-refractivity contribution is 9.11. The smallest absolute Gasteiger partial charge is 0.408 e. The number of aromatic nitrogens is 1. The number of aryl methyl sites for hydroxylation is 1. The lowest BCUT2D eigenvalue weighted by Gasteiger charge is -2.23. The van der Waals surface area contributed by atoms with E-state index in [-0.39, 0.29) is 6.42 Å². The standard InChI is InChI=1S/C29H38BrCl3N2O7S/c1-18(13-20(3)36)9-7-12-25(37)41-22(14-19(2)30)15-24-34-21(16-43-24)10-8-11-23(26(38)40-17-29(31,32)33)35-27(39)42-28(4,5)6/h9,14,16,20,22-23,36H,8,10-11,13,15,17H2,1-6H3,(H,35,39)/b18-9+,19-14+/t20-,22+,23+/m0/s1. The van der Waals surface area contributed by atoms with Crippen LogP contribution in [0.5, 0.6) is 0 Å². The number of thiazole rings is 1. The van der Waals surface area contributed by atoms with Crippen molar-refractivity contribution in [3.8, 4) is 11.8 Å². The Morgan fingerprint density at radius 3 is 2.49 bits per heavy atom. The third-order valence-electron chi connectivity index (χ3n) is 5.04. The lowest BCUT2D eigenvalue weighted by molar-refractivity contribution is -0.146. The van der Waals surface area contributed by atoms with Gasteiger partial charge in [-0.05, 0) is 83.9 Å². The molecule has 9 nitrogen and oxygen atoms in total. The quantitative estimate of drug-likeness (QED) is 0.0749. The zero-order valence-electron chi connectivity index (χ0n) is 25.0. The number of allylic oxidation sites excluding steroid dienone is 2. The zero-order chi connectivity index (χ0) is 32.8. The monoisotopic (exact) mass is 742 g/mol. The maximum Gasteiger partial charge on any atom is 0.408 e. The van der Waals surface area contributed by atoms with Crippen molar-refractivity contribution in [2.24, 2.45) is 0 Å². The third kappa shape index (κ3) is 20.0. The van der Waals surface area contributed by atoms with Crippen molar-refractivity contribution in [3.05, 3.63) is 38.3 Å². The minimum atomic E-state index is -1.79. The van der Waals surface area contributed by atoms with Gasteiger partial charge < -0.3 is 24.6 Å². The van der Waals surface area contributed by atoms with Crippen LogP contribution in [0.1, 0.15) is 71.5 Å². The van der Waals surface area contributed by atoms with Gasteiger partial charge in [-0.3, -0.25) is 0 Å². The molecule has 0 aliphatic rings. The Morgan fingerprint density at radius 1 is 1.23 bits per heavy atom. The molecule has 0 fully saturated rings. The fraction of sp³-hybridized carbons (Fsp3) is 0.586. The fourth-order valence-corrected chi connectivity index (χ4v) is 4.80. The molecule has 1 aromatic heterocycles. The summed E-state index contributed by atoms with van der Waals surface area (Å²) >= 11 is 21.8. The Balaban J connectivity index is 2.82. The normalized spacial score (nSPS) is 14.6. The Bertz CT molecular complexity index is 1210. The highest BCUT2D eigenvalue weighted by Crippen LogP contribution is 2.26. The summed E-state index contributed by atoms with van der Waals surface area (Å²) in [6.45, 7) is 9.96. The van der Waals surface area contributed by atoms with Gasteiger partial charge in [0.15, 0.2) is 0 Å². The van der Waals surface area contributed by atoms with Crippen LogP contribution in [0.25, 0.3) is 0 Å². The van der Waals surface area contributed by atoms with E-state index in [4.69, 9.17) is 49.0 Å². The molecular formula is C29H38BrCl3N2O7S. The summed E-state index contributed by atoms with van der Waals surface area (Å²) in [6, 6.07) is -1.03. The summed E-state index contributed by atoms with van der Waals surface area (Å²) in [7, 11) is 0. The van der Waals surface area contributed by atoms with Crippen LogP contribution >= 0.6 is 62.1 Å². The zero-order valence-corrected chi connectivity index (χ0v) is 29.6. The minimum Gasteiger partial charge on any atom is -0.460 e. The molecule has 0 unspecified atom stereocenters. The van der Waals surface area contributed by atoms with E-state index in [0.29, 0.717) is 25.7 Å². The van der Waals surface area contributed by atoms with Gasteiger partial charge >= 0.3 is 18.0 Å². The lowest BCUT2D eigenvalue weighted by atomic mass is 10.1. The van der Waals surface area contributed by atoms with E-state index >= 15 is 0 Å². The molecule has 1 aromatic rings. The second kappa shape index (κ2) is 18.9. The van der Waals surface area contributed by atoms with Crippen molar-refractivity contribution in [2.75, 3.05) is 6.61 Å². The summed E-state index contributed by atoms with van der Waals surface area (Å²) < 4.78 is 14.9. The first kappa shape index (κ1) is 39.2. The number of hydrogen-bond donors (Lipinski definition) is 2. The van der Waals surface area contributed by atoms with Crippen LogP contribution in [0.2, 0.25) is 0 Å². The van der Waals surface area contributed by atoms with E-state index in [9.17, 15) is 19.5 Å². The van der Waals surface area contributed by atoms with E-state index in [1.165, 1.54) is 11.3 Å². The number of hydrogen-bond acceptors (Lipinski definition) is 9. The van der Waals surface area contributed by atoms with Crippen molar-refractivity contribution in [2.45, 2.75) is 101 Å². The Kier molecular flexibility index (Phi) is 17.2. The number of aliphatic hydroxyl groups is 1. The molecule has 3 atom stereocenters. The number of amides is 1. The second-order valence-corrected chi connectivity index (χ2v) is 15.5. The van der Waals surface area contributed by atoms with E-state index < -0.39 is 52.3 Å². The highest BCUT2D eigenvalue weighted by Gasteiger charge is 2.29. The molecule has 0 aliphatic heterocycles. The SMILES string of the molecule is C/C(Br)=C\[C@H](Cc1nc(CCC[C@@H](NC(=O)OC(C)(C)C)C(=O)OCC(Cl)(Cl)Cl)cs1)OC(=O)C#C/C=C(\C)C[C@H](C)O. The Hall–Kier alpha value is -1.81. The van der Waals surface area contributed by atoms with Crippen molar-refractivity contribution in [1.29, 1.82) is 0 Å². The predicted octanol–water partition coefficient (Wildman–Crippen LogP) is 6.75. The van der Waals surface area contributed by atoms with Crippen LogP contribution in [0.3, 0.4) is 0 Å². The van der Waals surface area contributed by atoms with Gasteiger partial charge in [0, 0.05) is 17.7 Å². The number of carbonyl (C=O) groups excluding carboxylic acids is 3. The number of nitrogens with zero attached hydrogens (tertiary/aromatic N) is 1. The first-order chi connectivity index (χ1) is 19.8. The number of rotatable bonds is 13. The molecule has 14 heteroatoms. The molecule has 0 bridgehead atoms. The number of aliphatic hydroxyl groups excluding tert-OH is 1. The summed E-state index contributed by atoms with van der Waals surface area (Å²) in [5.74, 6) is 3.67. The molecule has 0 radical (unpaired) electrons. The van der Waals surface area contributed by atoms with E-state index in [2.05, 4.69) is 38.1 Å². The molecule has 1 rings (SSSR count). The maximum atomic E-state index is 12.6. The van der Waals surface area contributed by atoms with Crippen molar-refractivity contribution >= 4 is 80.1 Å². The van der Waals surface area contributed by atoms with Gasteiger partial charge in [-0.15, -0.1) is 11.3 Å². The predicted molar refractivity (Wildman–Crippen MR) is 174 cm³/mol. The summed E-state index contributed by atoms with van der Waals surface area (Å²) in [5, 5.41) is 14.6. The van der Waals surface area contributed by atoms with Gasteiger partial charge in [-0.2, -0.15) is 0 Å². The average molecular weight is 745 g/mol. The molecule has 0 spiro atoms. The molecule has 0 saturated carbocycles. The maximum absolute atomic E-state index is 12.6. The van der Waals surface area contributed by atoms with Gasteiger partial charge in [0.05, 0.1) is 16.8 Å². The van der Waals surface area contributed by atoms with Crippen LogP contribution in [-0.4, -0.2) is 62.4 Å². The number of halogens is 4. The summed E-state index contributed by atoms with van der Waals surface area (Å²) in [4.78, 5) is 41.9. The lowest BCUT2D eigenvalue weighted by Crippen LogP contribution is -2.44. The molecule has 1 amide bonds. The number of alkyl carbamates (subject to hydrolysis) is 1. The molecule has 240 valence electrons. The topological polar surface area (TPSA) is 124 Å².